The van der Waals surface area contributed by atoms with Gasteiger partial charge in [-0.25, -0.2) is 4.68 Å². The van der Waals surface area contributed by atoms with E-state index in [-0.39, 0.29) is 6.04 Å². The van der Waals surface area contributed by atoms with Gasteiger partial charge in [-0.3, -0.25) is 0 Å². The summed E-state index contributed by atoms with van der Waals surface area (Å²) in [6, 6.07) is 4.04. The molecule has 1 atom stereocenters. The number of aryl methyl sites for hydroxylation is 1. The van der Waals surface area contributed by atoms with E-state index in [1.807, 2.05) is 23.7 Å². The largest absolute Gasteiger partial charge is 0.384 e. The van der Waals surface area contributed by atoms with Gasteiger partial charge in [-0.2, -0.15) is 5.10 Å². The lowest BCUT2D eigenvalue weighted by molar-refractivity contribution is 0.581. The Morgan fingerprint density at radius 2 is 2.27 bits per heavy atom. The highest BCUT2D eigenvalue weighted by atomic mass is 35.5. The quantitative estimate of drug-likeness (QED) is 0.878. The van der Waals surface area contributed by atoms with Crippen LogP contribution in [0.2, 0.25) is 4.34 Å². The normalized spacial score (nSPS) is 13.0. The number of rotatable bonds is 2. The van der Waals surface area contributed by atoms with E-state index in [1.165, 1.54) is 0 Å². The Morgan fingerprint density at radius 3 is 2.73 bits per heavy atom. The van der Waals surface area contributed by atoms with Crippen LogP contribution in [0.1, 0.15) is 23.4 Å². The predicted octanol–water partition coefficient (Wildman–Crippen LogP) is 3.10. The first-order valence-corrected chi connectivity index (χ1v) is 5.84. The average molecular weight is 242 g/mol. The van der Waals surface area contributed by atoms with E-state index >= 15 is 0 Å². The molecule has 0 bridgehead atoms. The maximum atomic E-state index is 5.92. The van der Waals surface area contributed by atoms with E-state index in [1.54, 1.807) is 17.5 Å². The standard InChI is InChI=1S/C10H12ClN3S/c1-6-5-13-14(10(6)12)7(2)8-3-4-9(11)15-8/h3-5,7H,12H2,1-2H3. The van der Waals surface area contributed by atoms with Gasteiger partial charge in [0.15, 0.2) is 0 Å². The Bertz CT molecular complexity index is 475. The molecule has 80 valence electrons. The second-order valence-corrected chi connectivity index (χ2v) is 5.22. The summed E-state index contributed by atoms with van der Waals surface area (Å²) in [5.74, 6) is 0.715. The molecule has 15 heavy (non-hydrogen) atoms. The topological polar surface area (TPSA) is 43.8 Å². The van der Waals surface area contributed by atoms with Crippen LogP contribution >= 0.6 is 22.9 Å². The van der Waals surface area contributed by atoms with Gasteiger partial charge >= 0.3 is 0 Å². The lowest BCUT2D eigenvalue weighted by Gasteiger charge is -2.11. The number of nitrogen functional groups attached to an aromatic ring is 1. The first-order valence-electron chi connectivity index (χ1n) is 4.64. The molecule has 0 aliphatic rings. The molecule has 0 aromatic carbocycles. The second-order valence-electron chi connectivity index (χ2n) is 3.48. The van der Waals surface area contributed by atoms with Gasteiger partial charge in [-0.1, -0.05) is 11.6 Å². The lowest BCUT2D eigenvalue weighted by atomic mass is 10.3. The molecule has 3 nitrogen and oxygen atoms in total. The molecule has 2 aromatic heterocycles. The first kappa shape index (κ1) is 10.5. The maximum Gasteiger partial charge on any atom is 0.125 e. The van der Waals surface area contributed by atoms with Gasteiger partial charge in [0.25, 0.3) is 0 Å². The van der Waals surface area contributed by atoms with E-state index < -0.39 is 0 Å². The summed E-state index contributed by atoms with van der Waals surface area (Å²) in [5, 5.41) is 4.26. The van der Waals surface area contributed by atoms with Crippen molar-refractivity contribution in [1.82, 2.24) is 9.78 Å². The van der Waals surface area contributed by atoms with E-state index in [4.69, 9.17) is 17.3 Å². The van der Waals surface area contributed by atoms with Crippen LogP contribution in [0.15, 0.2) is 18.3 Å². The third-order valence-corrected chi connectivity index (χ3v) is 3.80. The Hall–Kier alpha value is -1.00. The number of thiophene rings is 1. The molecule has 0 spiro atoms. The average Bonchev–Trinajstić information content (AvgIpc) is 2.75. The van der Waals surface area contributed by atoms with Gasteiger partial charge in [0.2, 0.25) is 0 Å². The fraction of sp³-hybridized carbons (Fsp3) is 0.300. The highest BCUT2D eigenvalue weighted by Crippen LogP contribution is 2.30. The third-order valence-electron chi connectivity index (χ3n) is 2.40. The van der Waals surface area contributed by atoms with Crippen LogP contribution < -0.4 is 5.73 Å². The van der Waals surface area contributed by atoms with Crippen molar-refractivity contribution in [2.75, 3.05) is 5.73 Å². The van der Waals surface area contributed by atoms with E-state index in [9.17, 15) is 0 Å². The number of anilines is 1. The molecule has 5 heteroatoms. The van der Waals surface area contributed by atoms with Crippen molar-refractivity contribution >= 4 is 28.8 Å². The molecular formula is C10H12ClN3S. The molecule has 1 unspecified atom stereocenters. The van der Waals surface area contributed by atoms with Crippen molar-refractivity contribution in [2.24, 2.45) is 0 Å². The van der Waals surface area contributed by atoms with Gasteiger partial charge < -0.3 is 5.73 Å². The summed E-state index contributed by atoms with van der Waals surface area (Å²) in [7, 11) is 0. The summed E-state index contributed by atoms with van der Waals surface area (Å²) in [6.45, 7) is 4.01. The molecule has 2 rings (SSSR count). The van der Waals surface area contributed by atoms with Gasteiger partial charge in [0.05, 0.1) is 16.6 Å². The Balaban J connectivity index is 2.36. The van der Waals surface area contributed by atoms with Crippen molar-refractivity contribution < 1.29 is 0 Å². The van der Waals surface area contributed by atoms with Gasteiger partial charge in [0, 0.05) is 10.4 Å². The third kappa shape index (κ3) is 1.87. The molecule has 0 fully saturated rings. The van der Waals surface area contributed by atoms with Crippen LogP contribution in [0.25, 0.3) is 0 Å². The van der Waals surface area contributed by atoms with Crippen molar-refractivity contribution in [3.63, 3.8) is 0 Å². The SMILES string of the molecule is Cc1cnn(C(C)c2ccc(Cl)s2)c1N. The lowest BCUT2D eigenvalue weighted by Crippen LogP contribution is -2.10. The zero-order chi connectivity index (χ0) is 11.0. The van der Waals surface area contributed by atoms with Crippen LogP contribution in [0, 0.1) is 6.92 Å². The minimum Gasteiger partial charge on any atom is -0.384 e. The van der Waals surface area contributed by atoms with E-state index in [0.717, 1.165) is 14.8 Å². The number of aromatic nitrogens is 2. The molecule has 0 aliphatic heterocycles. The Kier molecular flexibility index (Phi) is 2.71. The first-order chi connectivity index (χ1) is 7.09. The predicted molar refractivity (Wildman–Crippen MR) is 64.5 cm³/mol. The molecule has 0 amide bonds. The summed E-state index contributed by atoms with van der Waals surface area (Å²) in [5.41, 5.74) is 6.92. The zero-order valence-corrected chi connectivity index (χ0v) is 10.1. The zero-order valence-electron chi connectivity index (χ0n) is 8.57. The van der Waals surface area contributed by atoms with Crippen molar-refractivity contribution in [2.45, 2.75) is 19.9 Å². The Labute approximate surface area is 97.5 Å². The van der Waals surface area contributed by atoms with Crippen molar-refractivity contribution in [3.8, 4) is 0 Å². The molecule has 0 saturated heterocycles. The minimum atomic E-state index is 0.135. The number of halogens is 1. The van der Waals surface area contributed by atoms with Gasteiger partial charge in [0.1, 0.15) is 5.82 Å². The van der Waals surface area contributed by atoms with Crippen LogP contribution in [-0.2, 0) is 0 Å². The van der Waals surface area contributed by atoms with Crippen LogP contribution in [0.4, 0.5) is 5.82 Å². The fourth-order valence-electron chi connectivity index (χ4n) is 1.44. The Morgan fingerprint density at radius 1 is 1.53 bits per heavy atom. The number of nitrogens with zero attached hydrogens (tertiary/aromatic N) is 2. The van der Waals surface area contributed by atoms with E-state index in [0.29, 0.717) is 5.82 Å². The maximum absolute atomic E-state index is 5.92. The summed E-state index contributed by atoms with van der Waals surface area (Å²) < 4.78 is 2.61. The molecular weight excluding hydrogens is 230 g/mol. The van der Waals surface area contributed by atoms with Crippen LogP contribution in [0.3, 0.4) is 0 Å². The molecule has 0 aliphatic carbocycles. The smallest absolute Gasteiger partial charge is 0.125 e. The number of nitrogens with two attached hydrogens (primary N) is 1. The molecule has 0 radical (unpaired) electrons. The molecule has 2 heterocycles. The van der Waals surface area contributed by atoms with Gasteiger partial charge in [-0.15, -0.1) is 11.3 Å². The summed E-state index contributed by atoms with van der Waals surface area (Å²) in [4.78, 5) is 1.16. The number of hydrogen-bond donors (Lipinski definition) is 1. The van der Waals surface area contributed by atoms with Gasteiger partial charge in [-0.05, 0) is 26.0 Å². The molecule has 2 aromatic rings. The monoisotopic (exact) mass is 241 g/mol. The summed E-state index contributed by atoms with van der Waals surface area (Å²) >= 11 is 7.45. The van der Waals surface area contributed by atoms with Crippen molar-refractivity contribution in [1.29, 1.82) is 0 Å². The van der Waals surface area contributed by atoms with Crippen LogP contribution in [0.5, 0.6) is 0 Å². The summed E-state index contributed by atoms with van der Waals surface area (Å²) in [6.07, 6.45) is 1.78. The number of hydrogen-bond acceptors (Lipinski definition) is 3. The highest BCUT2D eigenvalue weighted by molar-refractivity contribution is 7.16. The minimum absolute atomic E-state index is 0.135. The molecule has 0 saturated carbocycles. The highest BCUT2D eigenvalue weighted by Gasteiger charge is 2.14. The molecule has 2 N–H and O–H groups in total. The fourth-order valence-corrected chi connectivity index (χ4v) is 2.54. The second kappa shape index (κ2) is 3.87. The van der Waals surface area contributed by atoms with Crippen LogP contribution in [-0.4, -0.2) is 9.78 Å². The van der Waals surface area contributed by atoms with E-state index in [2.05, 4.69) is 12.0 Å². The van der Waals surface area contributed by atoms with Crippen molar-refractivity contribution in [3.05, 3.63) is 33.1 Å².